The maximum atomic E-state index is 12.0. The molecule has 1 aliphatic rings. The van der Waals surface area contributed by atoms with E-state index in [9.17, 15) is 18.0 Å². The predicted molar refractivity (Wildman–Crippen MR) is 75.7 cm³/mol. The molecular weight excluding hydrogens is 299 g/mol. The van der Waals surface area contributed by atoms with Crippen LogP contribution in [0.4, 0.5) is 24.8 Å². The Bertz CT molecular complexity index is 503. The van der Waals surface area contributed by atoms with Gasteiger partial charge in [-0.15, -0.1) is 0 Å². The molecule has 1 aromatic heterocycles. The van der Waals surface area contributed by atoms with E-state index >= 15 is 0 Å². The molecule has 0 saturated carbocycles. The van der Waals surface area contributed by atoms with Crippen LogP contribution in [0.25, 0.3) is 0 Å². The van der Waals surface area contributed by atoms with Gasteiger partial charge in [0, 0.05) is 32.2 Å². The molecule has 1 aliphatic heterocycles. The number of alkyl halides is 3. The van der Waals surface area contributed by atoms with E-state index in [2.05, 4.69) is 25.5 Å². The van der Waals surface area contributed by atoms with E-state index in [1.165, 1.54) is 6.33 Å². The summed E-state index contributed by atoms with van der Waals surface area (Å²) in [6, 6.07) is 1.79. The van der Waals surface area contributed by atoms with E-state index in [0.29, 0.717) is 12.4 Å². The summed E-state index contributed by atoms with van der Waals surface area (Å²) in [4.78, 5) is 21.4. The minimum Gasteiger partial charge on any atom is -0.368 e. The Hall–Kier alpha value is -2.06. The third kappa shape index (κ3) is 5.38. The van der Waals surface area contributed by atoms with Crippen molar-refractivity contribution in [1.82, 2.24) is 15.3 Å². The molecule has 1 amide bonds. The fourth-order valence-corrected chi connectivity index (χ4v) is 2.20. The van der Waals surface area contributed by atoms with E-state index in [4.69, 9.17) is 0 Å². The fourth-order valence-electron chi connectivity index (χ4n) is 2.20. The molecule has 0 aromatic carbocycles. The fraction of sp³-hybridized carbons (Fsp3) is 0.615. The molecule has 1 saturated heterocycles. The van der Waals surface area contributed by atoms with Gasteiger partial charge in [0.15, 0.2) is 0 Å². The van der Waals surface area contributed by atoms with Crippen molar-refractivity contribution >= 4 is 17.5 Å². The van der Waals surface area contributed by atoms with Crippen LogP contribution in [-0.2, 0) is 4.79 Å². The molecule has 0 atom stereocenters. The maximum Gasteiger partial charge on any atom is 0.397 e. The highest BCUT2D eigenvalue weighted by Gasteiger charge is 2.30. The summed E-state index contributed by atoms with van der Waals surface area (Å²) < 4.78 is 35.9. The van der Waals surface area contributed by atoms with Crippen molar-refractivity contribution in [1.29, 1.82) is 0 Å². The molecule has 1 aromatic rings. The van der Waals surface area contributed by atoms with Gasteiger partial charge in [0.2, 0.25) is 5.91 Å². The lowest BCUT2D eigenvalue weighted by molar-refractivity contribution is -0.153. The number of carbonyl (C=O) groups excluding carboxylic acids is 1. The molecular formula is C13H18F3N5O. The van der Waals surface area contributed by atoms with Crippen molar-refractivity contribution in [2.45, 2.75) is 25.4 Å². The van der Waals surface area contributed by atoms with E-state index < -0.39 is 18.5 Å². The SMILES string of the molecule is O=C(CC(F)(F)F)NCCNc1cc(N2CCCC2)ncn1. The smallest absolute Gasteiger partial charge is 0.368 e. The molecule has 0 unspecified atom stereocenters. The number of hydrogen-bond donors (Lipinski definition) is 2. The molecule has 1 fully saturated rings. The van der Waals surface area contributed by atoms with Crippen molar-refractivity contribution in [3.8, 4) is 0 Å². The van der Waals surface area contributed by atoms with E-state index in [1.54, 1.807) is 6.07 Å². The summed E-state index contributed by atoms with van der Waals surface area (Å²) in [5.41, 5.74) is 0. The molecule has 0 aliphatic carbocycles. The second-order valence-electron chi connectivity index (χ2n) is 5.02. The predicted octanol–water partition coefficient (Wildman–Crippen LogP) is 1.56. The summed E-state index contributed by atoms with van der Waals surface area (Å²) in [7, 11) is 0. The molecule has 0 radical (unpaired) electrons. The van der Waals surface area contributed by atoms with Crippen LogP contribution in [-0.4, -0.2) is 48.2 Å². The average Bonchev–Trinajstić information content (AvgIpc) is 2.96. The standard InChI is InChI=1S/C13H18F3N5O/c14-13(15,16)8-12(22)18-4-3-17-10-7-11(20-9-19-10)21-5-1-2-6-21/h7,9H,1-6,8H2,(H,18,22)(H,17,19,20). The topological polar surface area (TPSA) is 70.2 Å². The minimum absolute atomic E-state index is 0.0952. The van der Waals surface area contributed by atoms with Crippen molar-refractivity contribution in [2.24, 2.45) is 0 Å². The Morgan fingerprint density at radius 2 is 1.95 bits per heavy atom. The molecule has 9 heteroatoms. The number of halogens is 3. The molecule has 122 valence electrons. The van der Waals surface area contributed by atoms with Gasteiger partial charge in [-0.05, 0) is 12.8 Å². The number of nitrogens with one attached hydrogen (secondary N) is 2. The number of aromatic nitrogens is 2. The van der Waals surface area contributed by atoms with Crippen LogP contribution in [0.5, 0.6) is 0 Å². The molecule has 0 bridgehead atoms. The summed E-state index contributed by atoms with van der Waals surface area (Å²) in [6.07, 6.45) is -2.22. The number of anilines is 2. The first kappa shape index (κ1) is 16.3. The second-order valence-corrected chi connectivity index (χ2v) is 5.02. The van der Waals surface area contributed by atoms with E-state index in [0.717, 1.165) is 31.7 Å². The van der Waals surface area contributed by atoms with Gasteiger partial charge in [-0.25, -0.2) is 9.97 Å². The van der Waals surface area contributed by atoms with Crippen molar-refractivity contribution in [2.75, 3.05) is 36.4 Å². The van der Waals surface area contributed by atoms with Crippen LogP contribution in [0.15, 0.2) is 12.4 Å². The monoisotopic (exact) mass is 317 g/mol. The lowest BCUT2D eigenvalue weighted by Gasteiger charge is -2.16. The Morgan fingerprint density at radius 3 is 2.64 bits per heavy atom. The number of nitrogens with zero attached hydrogens (tertiary/aromatic N) is 3. The van der Waals surface area contributed by atoms with Gasteiger partial charge in [0.25, 0.3) is 0 Å². The lowest BCUT2D eigenvalue weighted by atomic mass is 10.4. The zero-order chi connectivity index (χ0) is 16.0. The van der Waals surface area contributed by atoms with Crippen LogP contribution in [0, 0.1) is 0 Å². The van der Waals surface area contributed by atoms with Crippen molar-refractivity contribution in [3.63, 3.8) is 0 Å². The average molecular weight is 317 g/mol. The van der Waals surface area contributed by atoms with E-state index in [-0.39, 0.29) is 6.54 Å². The zero-order valence-electron chi connectivity index (χ0n) is 12.0. The first-order valence-electron chi connectivity index (χ1n) is 7.08. The van der Waals surface area contributed by atoms with Gasteiger partial charge in [-0.1, -0.05) is 0 Å². The number of amides is 1. The van der Waals surface area contributed by atoms with Crippen LogP contribution in [0.2, 0.25) is 0 Å². The first-order chi connectivity index (χ1) is 10.4. The maximum absolute atomic E-state index is 12.0. The van der Waals surface area contributed by atoms with Crippen molar-refractivity contribution < 1.29 is 18.0 Å². The molecule has 2 N–H and O–H groups in total. The van der Waals surface area contributed by atoms with E-state index in [1.807, 2.05) is 0 Å². The summed E-state index contributed by atoms with van der Waals surface area (Å²) in [5, 5.41) is 5.16. The van der Waals surface area contributed by atoms with Gasteiger partial charge in [-0.2, -0.15) is 13.2 Å². The number of carbonyl (C=O) groups is 1. The third-order valence-corrected chi connectivity index (χ3v) is 3.20. The zero-order valence-corrected chi connectivity index (χ0v) is 12.0. The van der Waals surface area contributed by atoms with Gasteiger partial charge >= 0.3 is 6.18 Å². The van der Waals surface area contributed by atoms with Gasteiger partial charge < -0.3 is 15.5 Å². The Morgan fingerprint density at radius 1 is 1.23 bits per heavy atom. The summed E-state index contributed by atoms with van der Waals surface area (Å²) in [6.45, 7) is 2.31. The normalized spacial score (nSPS) is 15.0. The minimum atomic E-state index is -4.48. The number of hydrogen-bond acceptors (Lipinski definition) is 5. The molecule has 0 spiro atoms. The van der Waals surface area contributed by atoms with Crippen LogP contribution in [0.3, 0.4) is 0 Å². The molecule has 6 nitrogen and oxygen atoms in total. The second kappa shape index (κ2) is 7.28. The summed E-state index contributed by atoms with van der Waals surface area (Å²) in [5.74, 6) is 0.382. The summed E-state index contributed by atoms with van der Waals surface area (Å²) >= 11 is 0. The highest BCUT2D eigenvalue weighted by atomic mass is 19.4. The van der Waals surface area contributed by atoms with Crippen LogP contribution < -0.4 is 15.5 Å². The van der Waals surface area contributed by atoms with Gasteiger partial charge in [0.1, 0.15) is 24.4 Å². The highest BCUT2D eigenvalue weighted by molar-refractivity contribution is 5.76. The third-order valence-electron chi connectivity index (χ3n) is 3.20. The Labute approximate surface area is 126 Å². The molecule has 2 rings (SSSR count). The van der Waals surface area contributed by atoms with Crippen molar-refractivity contribution in [3.05, 3.63) is 12.4 Å². The van der Waals surface area contributed by atoms with Crippen LogP contribution in [0.1, 0.15) is 19.3 Å². The Balaban J connectivity index is 1.73. The largest absolute Gasteiger partial charge is 0.397 e. The highest BCUT2D eigenvalue weighted by Crippen LogP contribution is 2.19. The molecule has 22 heavy (non-hydrogen) atoms. The lowest BCUT2D eigenvalue weighted by Crippen LogP contribution is -2.32. The Kier molecular flexibility index (Phi) is 5.40. The molecule has 2 heterocycles. The number of rotatable bonds is 6. The first-order valence-corrected chi connectivity index (χ1v) is 7.08. The van der Waals surface area contributed by atoms with Gasteiger partial charge in [0.05, 0.1) is 0 Å². The van der Waals surface area contributed by atoms with Gasteiger partial charge in [-0.3, -0.25) is 4.79 Å². The van der Waals surface area contributed by atoms with Crippen LogP contribution >= 0.6 is 0 Å². The quantitative estimate of drug-likeness (QED) is 0.779.